The molecular weight excluding hydrogens is 494 g/mol. The van der Waals surface area contributed by atoms with Crippen LogP contribution in [0.4, 0.5) is 17.2 Å². The van der Waals surface area contributed by atoms with E-state index in [1.54, 1.807) is 29.4 Å². The van der Waals surface area contributed by atoms with Crippen molar-refractivity contribution in [3.05, 3.63) is 41.0 Å². The molecule has 1 aliphatic rings. The summed E-state index contributed by atoms with van der Waals surface area (Å²) in [5.41, 5.74) is 5.39. The van der Waals surface area contributed by atoms with E-state index in [1.165, 1.54) is 11.3 Å². The van der Waals surface area contributed by atoms with Crippen LogP contribution in [0.5, 0.6) is 0 Å². The van der Waals surface area contributed by atoms with Crippen molar-refractivity contribution < 1.29 is 9.59 Å². The molecule has 1 aliphatic heterocycles. The summed E-state index contributed by atoms with van der Waals surface area (Å²) in [5.74, 6) is 0.946. The van der Waals surface area contributed by atoms with Gasteiger partial charge in [0.2, 0.25) is 5.01 Å². The second kappa shape index (κ2) is 10.3. The number of fused-ring (bicyclic) bond motifs is 1. The average Bonchev–Trinajstić information content (AvgIpc) is 3.59. The van der Waals surface area contributed by atoms with Crippen LogP contribution in [0.25, 0.3) is 20.8 Å². The Kier molecular flexibility index (Phi) is 6.92. The number of likely N-dealkylation sites (tertiary alicyclic amines) is 1. The van der Waals surface area contributed by atoms with Crippen LogP contribution in [0.15, 0.2) is 36.0 Å². The number of carbonyl (C=O) groups is 2. The fourth-order valence-corrected chi connectivity index (χ4v) is 5.90. The first-order valence-electron chi connectivity index (χ1n) is 11.8. The van der Waals surface area contributed by atoms with Crippen LogP contribution < -0.4 is 10.6 Å². The lowest BCUT2D eigenvalue weighted by atomic mass is 10.0. The van der Waals surface area contributed by atoms with Crippen LogP contribution in [-0.2, 0) is 4.79 Å². The number of nitrogens with zero attached hydrogens (tertiary/aromatic N) is 5. The van der Waals surface area contributed by atoms with Crippen molar-refractivity contribution in [1.29, 1.82) is 0 Å². The van der Waals surface area contributed by atoms with Gasteiger partial charge in [0.05, 0.1) is 21.3 Å². The van der Waals surface area contributed by atoms with Gasteiger partial charge in [-0.1, -0.05) is 11.3 Å². The summed E-state index contributed by atoms with van der Waals surface area (Å²) >= 11 is 2.86. The lowest BCUT2D eigenvalue weighted by Crippen LogP contribution is -2.28. The highest BCUT2D eigenvalue weighted by molar-refractivity contribution is 7.17. The van der Waals surface area contributed by atoms with E-state index < -0.39 is 0 Å². The molecule has 0 bridgehead atoms. The van der Waals surface area contributed by atoms with Gasteiger partial charge in [-0.3, -0.25) is 4.79 Å². The van der Waals surface area contributed by atoms with Crippen LogP contribution in [0, 0.1) is 5.92 Å². The number of carbonyl (C=O) groups excluding carboxylic acids is 2. The van der Waals surface area contributed by atoms with Gasteiger partial charge in [0, 0.05) is 49.2 Å². The molecule has 9 nitrogen and oxygen atoms in total. The first kappa shape index (κ1) is 24.3. The first-order chi connectivity index (χ1) is 17.4. The number of nitrogens with one attached hydrogen (secondary N) is 2. The zero-order chi connectivity index (χ0) is 25.2. The fraction of sp³-hybridized carbons (Fsp3) is 0.360. The molecule has 186 valence electrons. The molecule has 1 unspecified atom stereocenters. The Morgan fingerprint density at radius 3 is 2.86 bits per heavy atom. The second-order valence-corrected chi connectivity index (χ2v) is 11.2. The summed E-state index contributed by atoms with van der Waals surface area (Å²) < 4.78 is 1.11. The minimum absolute atomic E-state index is 0.132. The van der Waals surface area contributed by atoms with Crippen LogP contribution in [0.3, 0.4) is 0 Å². The Balaban J connectivity index is 1.36. The van der Waals surface area contributed by atoms with Crippen molar-refractivity contribution in [2.24, 2.45) is 5.92 Å². The van der Waals surface area contributed by atoms with Gasteiger partial charge in [-0.05, 0) is 51.3 Å². The first-order valence-corrected chi connectivity index (χ1v) is 13.5. The normalized spacial score (nSPS) is 15.6. The minimum Gasteiger partial charge on any atom is -0.382 e. The zero-order valence-electron chi connectivity index (χ0n) is 20.3. The Bertz CT molecular complexity index is 1410. The standard InChI is InChI=1S/C25H27N7O2S2/c1-14(2)28-20-10-22(29-17-4-5-19-21(9-17)35-13-27-19)26-11-18(20)23-30-31-24(36-23)25(34)32-7-6-16(12-32)8-15(3)33/h4-5,9-11,13-14,16H,6-8,12H2,1-3H3,(H2,26,28,29). The van der Waals surface area contributed by atoms with Crippen molar-refractivity contribution in [2.45, 2.75) is 39.7 Å². The monoisotopic (exact) mass is 521 g/mol. The van der Waals surface area contributed by atoms with Gasteiger partial charge in [0.15, 0.2) is 5.01 Å². The summed E-state index contributed by atoms with van der Waals surface area (Å²) in [6.45, 7) is 6.95. The highest BCUT2D eigenvalue weighted by Crippen LogP contribution is 2.34. The molecule has 0 radical (unpaired) electrons. The molecule has 36 heavy (non-hydrogen) atoms. The molecule has 11 heteroatoms. The number of thiazole rings is 1. The quantitative estimate of drug-likeness (QED) is 0.325. The Morgan fingerprint density at radius 2 is 2.06 bits per heavy atom. The number of hydrogen-bond donors (Lipinski definition) is 2. The molecule has 1 atom stereocenters. The van der Waals surface area contributed by atoms with Gasteiger partial charge in [-0.2, -0.15) is 0 Å². The van der Waals surface area contributed by atoms with Crippen molar-refractivity contribution in [2.75, 3.05) is 23.7 Å². The molecule has 5 rings (SSSR count). The van der Waals surface area contributed by atoms with Crippen LogP contribution in [0.1, 0.15) is 43.4 Å². The molecule has 0 aliphatic carbocycles. The van der Waals surface area contributed by atoms with E-state index in [1.807, 2.05) is 23.7 Å². The van der Waals surface area contributed by atoms with E-state index >= 15 is 0 Å². The van der Waals surface area contributed by atoms with Crippen LogP contribution in [-0.4, -0.2) is 55.9 Å². The van der Waals surface area contributed by atoms with Gasteiger partial charge < -0.3 is 20.3 Å². The van der Waals surface area contributed by atoms with E-state index in [-0.39, 0.29) is 23.7 Å². The summed E-state index contributed by atoms with van der Waals surface area (Å²) in [6, 6.07) is 8.15. The summed E-state index contributed by atoms with van der Waals surface area (Å²) in [4.78, 5) is 35.2. The summed E-state index contributed by atoms with van der Waals surface area (Å²) in [6.07, 6.45) is 3.11. The second-order valence-electron chi connectivity index (χ2n) is 9.30. The maximum Gasteiger partial charge on any atom is 0.284 e. The zero-order valence-corrected chi connectivity index (χ0v) is 21.9. The van der Waals surface area contributed by atoms with E-state index in [0.717, 1.165) is 33.6 Å². The fourth-order valence-electron chi connectivity index (χ4n) is 4.35. The average molecular weight is 522 g/mol. The highest BCUT2D eigenvalue weighted by Gasteiger charge is 2.30. The minimum atomic E-state index is -0.132. The number of rotatable bonds is 8. The molecule has 4 heterocycles. The van der Waals surface area contributed by atoms with Gasteiger partial charge in [0.1, 0.15) is 11.6 Å². The van der Waals surface area contributed by atoms with Gasteiger partial charge in [-0.15, -0.1) is 21.5 Å². The molecular formula is C25H27N7O2S2. The van der Waals surface area contributed by atoms with E-state index in [4.69, 9.17) is 0 Å². The molecule has 4 aromatic rings. The van der Waals surface area contributed by atoms with Gasteiger partial charge in [-0.25, -0.2) is 9.97 Å². The molecule has 1 amide bonds. The predicted molar refractivity (Wildman–Crippen MR) is 144 cm³/mol. The Labute approximate surface area is 217 Å². The van der Waals surface area contributed by atoms with Crippen molar-refractivity contribution in [1.82, 2.24) is 25.1 Å². The van der Waals surface area contributed by atoms with Crippen molar-refractivity contribution >= 4 is 61.8 Å². The molecule has 2 N–H and O–H groups in total. The lowest BCUT2D eigenvalue weighted by molar-refractivity contribution is -0.117. The molecule has 1 fully saturated rings. The number of hydrogen-bond acceptors (Lipinski definition) is 10. The number of ketones is 1. The Morgan fingerprint density at radius 1 is 1.19 bits per heavy atom. The van der Waals surface area contributed by atoms with E-state index in [2.05, 4.69) is 50.7 Å². The topological polar surface area (TPSA) is 113 Å². The highest BCUT2D eigenvalue weighted by atomic mass is 32.1. The van der Waals surface area contributed by atoms with Gasteiger partial charge >= 0.3 is 0 Å². The number of Topliss-reactive ketones (excluding diaryl/α,β-unsaturated/α-hetero) is 1. The van der Waals surface area contributed by atoms with E-state index in [9.17, 15) is 9.59 Å². The third-order valence-electron chi connectivity index (χ3n) is 5.94. The summed E-state index contributed by atoms with van der Waals surface area (Å²) in [7, 11) is 0. The molecule has 3 aromatic heterocycles. The molecule has 0 spiro atoms. The maximum atomic E-state index is 13.0. The molecule has 0 saturated carbocycles. The maximum absolute atomic E-state index is 13.0. The smallest absolute Gasteiger partial charge is 0.284 e. The molecule has 1 saturated heterocycles. The SMILES string of the molecule is CC(=O)CC1CCN(C(=O)c2nnc(-c3cnc(Nc4ccc5ncsc5c4)cc3NC(C)C)s2)C1. The largest absolute Gasteiger partial charge is 0.382 e. The number of amides is 1. The number of pyridine rings is 1. The number of anilines is 3. The summed E-state index contributed by atoms with van der Waals surface area (Å²) in [5, 5.41) is 16.3. The lowest BCUT2D eigenvalue weighted by Gasteiger charge is -2.15. The van der Waals surface area contributed by atoms with Crippen molar-refractivity contribution in [3.8, 4) is 10.6 Å². The third kappa shape index (κ3) is 5.36. The number of aromatic nitrogens is 4. The molecule has 1 aromatic carbocycles. The van der Waals surface area contributed by atoms with Crippen molar-refractivity contribution in [3.63, 3.8) is 0 Å². The third-order valence-corrected chi connectivity index (χ3v) is 7.68. The van der Waals surface area contributed by atoms with E-state index in [0.29, 0.717) is 35.3 Å². The van der Waals surface area contributed by atoms with Gasteiger partial charge in [0.25, 0.3) is 5.91 Å². The predicted octanol–water partition coefficient (Wildman–Crippen LogP) is 5.21. The van der Waals surface area contributed by atoms with Crippen LogP contribution in [0.2, 0.25) is 0 Å². The number of benzene rings is 1. The van der Waals surface area contributed by atoms with Crippen LogP contribution >= 0.6 is 22.7 Å². The Hall–Kier alpha value is -3.44.